The molecule has 166 valence electrons. The second-order valence-electron chi connectivity index (χ2n) is 7.92. The lowest BCUT2D eigenvalue weighted by Gasteiger charge is -2.20. The van der Waals surface area contributed by atoms with Crippen LogP contribution in [0.1, 0.15) is 30.1 Å². The third-order valence-corrected chi connectivity index (χ3v) is 7.09. The molecule has 0 atom stereocenters. The number of hydrogen-bond donors (Lipinski definition) is 1. The lowest BCUT2D eigenvalue weighted by molar-refractivity contribution is -0.116. The predicted octanol–water partition coefficient (Wildman–Crippen LogP) is 4.71. The Labute approximate surface area is 191 Å². The Bertz CT molecular complexity index is 1350. The largest absolute Gasteiger partial charge is 0.324 e. The lowest BCUT2D eigenvalue weighted by atomic mass is 10.1. The summed E-state index contributed by atoms with van der Waals surface area (Å²) in [5.74, 6) is 0.385. The highest BCUT2D eigenvalue weighted by molar-refractivity contribution is 7.18. The van der Waals surface area contributed by atoms with E-state index in [9.17, 15) is 9.59 Å². The highest BCUT2D eigenvalue weighted by Gasteiger charge is 2.19. The van der Waals surface area contributed by atoms with Crippen LogP contribution >= 0.6 is 11.3 Å². The van der Waals surface area contributed by atoms with Gasteiger partial charge in [0.1, 0.15) is 17.2 Å². The number of aromatic nitrogens is 2. The Kier molecular flexibility index (Phi) is 6.39. The van der Waals surface area contributed by atoms with Crippen molar-refractivity contribution in [2.75, 3.05) is 18.4 Å². The molecule has 0 saturated heterocycles. The second kappa shape index (κ2) is 9.22. The van der Waals surface area contributed by atoms with Gasteiger partial charge in [-0.05, 0) is 44.0 Å². The van der Waals surface area contributed by atoms with Crippen LogP contribution in [0.15, 0.2) is 47.3 Å². The van der Waals surface area contributed by atoms with Crippen molar-refractivity contribution in [3.05, 3.63) is 69.1 Å². The third kappa shape index (κ3) is 4.18. The minimum Gasteiger partial charge on any atom is -0.324 e. The molecule has 0 fully saturated rings. The highest BCUT2D eigenvalue weighted by Crippen LogP contribution is 2.27. The van der Waals surface area contributed by atoms with E-state index in [0.29, 0.717) is 17.8 Å². The maximum absolute atomic E-state index is 13.5. The van der Waals surface area contributed by atoms with E-state index in [1.165, 1.54) is 11.3 Å². The average Bonchev–Trinajstić information content (AvgIpc) is 3.08. The molecule has 2 heterocycles. The Morgan fingerprint density at radius 2 is 1.81 bits per heavy atom. The first-order valence-corrected chi connectivity index (χ1v) is 11.7. The van der Waals surface area contributed by atoms with Gasteiger partial charge in [-0.15, -0.1) is 11.3 Å². The van der Waals surface area contributed by atoms with Gasteiger partial charge >= 0.3 is 0 Å². The summed E-state index contributed by atoms with van der Waals surface area (Å²) in [6.07, 6.45) is 0. The first-order valence-electron chi connectivity index (χ1n) is 10.9. The van der Waals surface area contributed by atoms with Crippen LogP contribution in [0.5, 0.6) is 0 Å². The van der Waals surface area contributed by atoms with Crippen LogP contribution in [-0.4, -0.2) is 33.4 Å². The minimum atomic E-state index is -0.241. The quantitative estimate of drug-likeness (QED) is 0.445. The number of nitrogens with one attached hydrogen (secondary N) is 1. The van der Waals surface area contributed by atoms with Crippen molar-refractivity contribution in [3.8, 4) is 0 Å². The van der Waals surface area contributed by atoms with Crippen LogP contribution in [0.3, 0.4) is 0 Å². The molecule has 32 heavy (non-hydrogen) atoms. The van der Waals surface area contributed by atoms with Crippen molar-refractivity contribution >= 4 is 43.9 Å². The first-order chi connectivity index (χ1) is 15.4. The molecule has 0 aliphatic heterocycles. The number of rotatable bonds is 7. The van der Waals surface area contributed by atoms with Gasteiger partial charge in [-0.2, -0.15) is 0 Å². The molecule has 1 N–H and O–H groups in total. The molecule has 0 aliphatic rings. The van der Waals surface area contributed by atoms with Gasteiger partial charge in [-0.25, -0.2) is 4.98 Å². The van der Waals surface area contributed by atoms with E-state index in [4.69, 9.17) is 4.98 Å². The van der Waals surface area contributed by atoms with E-state index in [2.05, 4.69) is 24.1 Å². The fourth-order valence-electron chi connectivity index (χ4n) is 3.97. The van der Waals surface area contributed by atoms with Gasteiger partial charge in [0.25, 0.3) is 5.56 Å². The molecule has 7 heteroatoms. The van der Waals surface area contributed by atoms with Crippen LogP contribution < -0.4 is 10.9 Å². The summed E-state index contributed by atoms with van der Waals surface area (Å²) in [5, 5.41) is 5.64. The van der Waals surface area contributed by atoms with Gasteiger partial charge in [0.05, 0.1) is 11.9 Å². The zero-order chi connectivity index (χ0) is 22.8. The number of thiophene rings is 1. The summed E-state index contributed by atoms with van der Waals surface area (Å²) in [5.41, 5.74) is 1.54. The summed E-state index contributed by atoms with van der Waals surface area (Å²) < 4.78 is 1.54. The van der Waals surface area contributed by atoms with Crippen LogP contribution in [0.4, 0.5) is 5.69 Å². The summed E-state index contributed by atoms with van der Waals surface area (Å²) in [7, 11) is 0. The fourth-order valence-corrected chi connectivity index (χ4v) is 5.01. The SMILES string of the molecule is CCN(CC)Cc1nc2sc(C)c(C)c2c(=O)n1CC(=O)Nc1cccc2ccccc12. The number of amides is 1. The van der Waals surface area contributed by atoms with E-state index in [0.717, 1.165) is 44.8 Å². The Morgan fingerprint density at radius 1 is 1.09 bits per heavy atom. The number of fused-ring (bicyclic) bond motifs is 2. The van der Waals surface area contributed by atoms with Gasteiger partial charge in [0.2, 0.25) is 5.91 Å². The first kappa shape index (κ1) is 22.2. The molecule has 0 unspecified atom stereocenters. The molecule has 0 saturated carbocycles. The number of hydrogen-bond acceptors (Lipinski definition) is 5. The molecule has 4 aromatic rings. The molecule has 0 spiro atoms. The topological polar surface area (TPSA) is 67.2 Å². The molecule has 4 rings (SSSR count). The van der Waals surface area contributed by atoms with Gasteiger partial charge < -0.3 is 5.32 Å². The number of carbonyl (C=O) groups excluding carboxylic acids is 1. The van der Waals surface area contributed by atoms with Gasteiger partial charge in [0.15, 0.2) is 0 Å². The maximum atomic E-state index is 13.5. The van der Waals surface area contributed by atoms with Gasteiger partial charge in [-0.1, -0.05) is 50.2 Å². The van der Waals surface area contributed by atoms with Crippen molar-refractivity contribution in [3.63, 3.8) is 0 Å². The number of anilines is 1. The van der Waals surface area contributed by atoms with Gasteiger partial charge in [0, 0.05) is 16.0 Å². The smallest absolute Gasteiger partial charge is 0.263 e. The lowest BCUT2D eigenvalue weighted by Crippen LogP contribution is -2.34. The Balaban J connectivity index is 1.73. The summed E-state index contributed by atoms with van der Waals surface area (Å²) in [4.78, 5) is 35.4. The Hall–Kier alpha value is -3.03. The molecule has 2 aromatic carbocycles. The van der Waals surface area contributed by atoms with Crippen LogP contribution in [0.25, 0.3) is 21.0 Å². The van der Waals surface area contributed by atoms with Gasteiger partial charge in [-0.3, -0.25) is 19.1 Å². The molecule has 0 aliphatic carbocycles. The fraction of sp³-hybridized carbons (Fsp3) is 0.320. The minimum absolute atomic E-state index is 0.0735. The van der Waals surface area contributed by atoms with Crippen molar-refractivity contribution in [2.24, 2.45) is 0 Å². The van der Waals surface area contributed by atoms with E-state index < -0.39 is 0 Å². The van der Waals surface area contributed by atoms with E-state index >= 15 is 0 Å². The Morgan fingerprint density at radius 3 is 2.56 bits per heavy atom. The highest BCUT2D eigenvalue weighted by atomic mass is 32.1. The summed E-state index contributed by atoms with van der Waals surface area (Å²) in [6.45, 7) is 10.2. The molecule has 0 bridgehead atoms. The summed E-state index contributed by atoms with van der Waals surface area (Å²) in [6, 6.07) is 13.7. The molecular weight excluding hydrogens is 420 g/mol. The zero-order valence-electron chi connectivity index (χ0n) is 18.9. The number of carbonyl (C=O) groups is 1. The number of nitrogens with zero attached hydrogens (tertiary/aromatic N) is 3. The molecule has 6 nitrogen and oxygen atoms in total. The maximum Gasteiger partial charge on any atom is 0.263 e. The molecular formula is C25H28N4O2S. The predicted molar refractivity (Wildman–Crippen MR) is 133 cm³/mol. The molecule has 2 aromatic heterocycles. The van der Waals surface area contributed by atoms with Crippen LogP contribution in [-0.2, 0) is 17.9 Å². The van der Waals surface area contributed by atoms with Crippen LogP contribution in [0, 0.1) is 13.8 Å². The third-order valence-electron chi connectivity index (χ3n) is 5.99. The zero-order valence-corrected chi connectivity index (χ0v) is 19.8. The normalized spacial score (nSPS) is 11.5. The average molecular weight is 449 g/mol. The molecule has 0 radical (unpaired) electrons. The monoisotopic (exact) mass is 448 g/mol. The molecule has 1 amide bonds. The van der Waals surface area contributed by atoms with Crippen molar-refractivity contribution in [2.45, 2.75) is 40.8 Å². The van der Waals surface area contributed by atoms with Crippen molar-refractivity contribution in [1.82, 2.24) is 14.5 Å². The van der Waals surface area contributed by atoms with E-state index in [1.54, 1.807) is 4.57 Å². The standard InChI is InChI=1S/C25H28N4O2S/c1-5-28(6-2)14-21-27-24-23(16(3)17(4)32-24)25(31)29(21)15-22(30)26-20-13-9-11-18-10-7-8-12-19(18)20/h7-13H,5-6,14-15H2,1-4H3,(H,26,30). The van der Waals surface area contributed by atoms with Crippen LogP contribution in [0.2, 0.25) is 0 Å². The van der Waals surface area contributed by atoms with Crippen molar-refractivity contribution < 1.29 is 4.79 Å². The van der Waals surface area contributed by atoms with E-state index in [-0.39, 0.29) is 18.0 Å². The van der Waals surface area contributed by atoms with Crippen molar-refractivity contribution in [1.29, 1.82) is 0 Å². The number of benzene rings is 2. The number of aryl methyl sites for hydroxylation is 2. The second-order valence-corrected chi connectivity index (χ2v) is 9.12. The summed E-state index contributed by atoms with van der Waals surface area (Å²) >= 11 is 1.54. The van der Waals surface area contributed by atoms with E-state index in [1.807, 2.05) is 56.3 Å².